The van der Waals surface area contributed by atoms with Gasteiger partial charge in [0.05, 0.1) is 12.3 Å². The summed E-state index contributed by atoms with van der Waals surface area (Å²) in [7, 11) is 0. The van der Waals surface area contributed by atoms with Crippen molar-refractivity contribution < 1.29 is 14.4 Å². The Morgan fingerprint density at radius 2 is 2.00 bits per heavy atom. The second-order valence-corrected chi connectivity index (χ2v) is 7.51. The fourth-order valence-corrected chi connectivity index (χ4v) is 3.50. The number of benzene rings is 1. The topological polar surface area (TPSA) is 66.4 Å². The second-order valence-electron chi connectivity index (χ2n) is 7.07. The van der Waals surface area contributed by atoms with E-state index < -0.39 is 5.60 Å². The van der Waals surface area contributed by atoms with Crippen LogP contribution >= 0.6 is 11.6 Å². The third-order valence-corrected chi connectivity index (χ3v) is 5.24. The molecular formula is C19H27ClN4O3. The monoisotopic (exact) mass is 394 g/mol. The van der Waals surface area contributed by atoms with Crippen LogP contribution < -0.4 is 5.43 Å². The molecule has 3 rings (SSSR count). The van der Waals surface area contributed by atoms with Crippen LogP contribution in [0.25, 0.3) is 0 Å². The van der Waals surface area contributed by atoms with Gasteiger partial charge in [-0.2, -0.15) is 0 Å². The summed E-state index contributed by atoms with van der Waals surface area (Å²) in [4.78, 5) is 19.6. The average Bonchev–Trinajstić information content (AvgIpc) is 3.04. The van der Waals surface area contributed by atoms with Gasteiger partial charge in [0.25, 0.3) is 0 Å². The quantitative estimate of drug-likeness (QED) is 0.803. The van der Waals surface area contributed by atoms with Gasteiger partial charge in [-0.15, -0.1) is 0 Å². The predicted octanol–water partition coefficient (Wildman–Crippen LogP) is 3.00. The molecular weight excluding hydrogens is 368 g/mol. The first-order valence-electron chi connectivity index (χ1n) is 9.39. The average molecular weight is 395 g/mol. The van der Waals surface area contributed by atoms with E-state index in [-0.39, 0.29) is 6.09 Å². The van der Waals surface area contributed by atoms with Gasteiger partial charge in [-0.1, -0.05) is 28.9 Å². The summed E-state index contributed by atoms with van der Waals surface area (Å²) < 4.78 is 4.91. The van der Waals surface area contributed by atoms with E-state index >= 15 is 0 Å². The van der Waals surface area contributed by atoms with E-state index in [1.165, 1.54) is 0 Å². The van der Waals surface area contributed by atoms with E-state index in [0.29, 0.717) is 6.61 Å². The van der Waals surface area contributed by atoms with Crippen LogP contribution in [-0.2, 0) is 15.2 Å². The van der Waals surface area contributed by atoms with Crippen molar-refractivity contribution in [1.82, 2.24) is 15.3 Å². The van der Waals surface area contributed by atoms with Crippen LogP contribution in [0.4, 0.5) is 4.79 Å². The Kier molecular flexibility index (Phi) is 6.57. The number of nitrogens with one attached hydrogen (secondary N) is 1. The summed E-state index contributed by atoms with van der Waals surface area (Å²) in [6.45, 7) is 8.53. The lowest BCUT2D eigenvalue weighted by Gasteiger charge is -2.34. The molecule has 7 nitrogen and oxygen atoms in total. The summed E-state index contributed by atoms with van der Waals surface area (Å²) >= 11 is 5.97. The Hall–Kier alpha value is -1.83. The molecule has 1 N–H and O–H groups in total. The molecule has 0 aliphatic carbocycles. The molecule has 8 heteroatoms. The molecule has 0 radical (unpaired) electrons. The maximum atomic E-state index is 11.5. The number of rotatable bonds is 6. The smallest absolute Gasteiger partial charge is 0.421 e. The molecule has 1 aromatic rings. The normalized spacial score (nSPS) is 23.6. The maximum Gasteiger partial charge on any atom is 0.421 e. The largest absolute Gasteiger partial charge is 0.449 e. The Morgan fingerprint density at radius 3 is 2.67 bits per heavy atom. The minimum Gasteiger partial charge on any atom is -0.449 e. The minimum absolute atomic E-state index is 0.380. The SMILES string of the molecule is CCOC(=O)NN1CCN(CCC2=NOC(C)(c3ccc(Cl)cc3)C2)CC1. The molecule has 0 aromatic heterocycles. The summed E-state index contributed by atoms with van der Waals surface area (Å²) in [5, 5.41) is 6.95. The van der Waals surface area contributed by atoms with Crippen molar-refractivity contribution in [1.29, 1.82) is 0 Å². The van der Waals surface area contributed by atoms with Crippen molar-refractivity contribution in [2.24, 2.45) is 5.16 Å². The number of amides is 1. The molecule has 1 unspecified atom stereocenters. The molecule has 2 aliphatic rings. The molecule has 1 saturated heterocycles. The Labute approximate surface area is 165 Å². The van der Waals surface area contributed by atoms with Crippen molar-refractivity contribution >= 4 is 23.4 Å². The molecule has 0 bridgehead atoms. The third kappa shape index (κ3) is 5.34. The van der Waals surface area contributed by atoms with E-state index in [9.17, 15) is 4.79 Å². The summed E-state index contributed by atoms with van der Waals surface area (Å²) in [6, 6.07) is 7.76. The Morgan fingerprint density at radius 1 is 1.30 bits per heavy atom. The van der Waals surface area contributed by atoms with Gasteiger partial charge >= 0.3 is 6.09 Å². The van der Waals surface area contributed by atoms with Crippen LogP contribution in [0, 0.1) is 0 Å². The Bertz CT molecular complexity index is 674. The van der Waals surface area contributed by atoms with Gasteiger partial charge in [-0.25, -0.2) is 9.80 Å². The van der Waals surface area contributed by atoms with Gasteiger partial charge < -0.3 is 14.5 Å². The van der Waals surface area contributed by atoms with Gasteiger partial charge in [0, 0.05) is 50.6 Å². The highest BCUT2D eigenvalue weighted by molar-refractivity contribution is 6.30. The molecule has 0 spiro atoms. The first-order valence-corrected chi connectivity index (χ1v) is 9.77. The second kappa shape index (κ2) is 8.91. The number of hydrazine groups is 1. The van der Waals surface area contributed by atoms with Crippen molar-refractivity contribution in [2.45, 2.75) is 32.3 Å². The highest BCUT2D eigenvalue weighted by atomic mass is 35.5. The number of piperazine rings is 1. The van der Waals surface area contributed by atoms with Crippen molar-refractivity contribution in [3.8, 4) is 0 Å². The molecule has 27 heavy (non-hydrogen) atoms. The third-order valence-electron chi connectivity index (χ3n) is 4.99. The van der Waals surface area contributed by atoms with Crippen LogP contribution in [0.2, 0.25) is 5.02 Å². The van der Waals surface area contributed by atoms with E-state index in [0.717, 1.165) is 61.9 Å². The number of hydrogen-bond acceptors (Lipinski definition) is 6. The van der Waals surface area contributed by atoms with Crippen LogP contribution in [0.3, 0.4) is 0 Å². The van der Waals surface area contributed by atoms with Crippen LogP contribution in [-0.4, -0.2) is 61.0 Å². The van der Waals surface area contributed by atoms with Gasteiger partial charge in [0.15, 0.2) is 5.60 Å². The first-order chi connectivity index (χ1) is 13.0. The summed E-state index contributed by atoms with van der Waals surface area (Å²) in [6.07, 6.45) is 1.29. The van der Waals surface area contributed by atoms with E-state index in [2.05, 4.69) is 22.4 Å². The lowest BCUT2D eigenvalue weighted by Crippen LogP contribution is -2.53. The predicted molar refractivity (Wildman–Crippen MR) is 105 cm³/mol. The van der Waals surface area contributed by atoms with Crippen LogP contribution in [0.5, 0.6) is 0 Å². The Balaban J connectivity index is 1.40. The maximum absolute atomic E-state index is 11.5. The molecule has 1 atom stereocenters. The van der Waals surface area contributed by atoms with E-state index in [1.54, 1.807) is 6.92 Å². The molecule has 2 heterocycles. The highest BCUT2D eigenvalue weighted by Gasteiger charge is 2.36. The van der Waals surface area contributed by atoms with Gasteiger partial charge in [-0.3, -0.25) is 5.43 Å². The fourth-order valence-electron chi connectivity index (χ4n) is 3.37. The van der Waals surface area contributed by atoms with Crippen LogP contribution in [0.15, 0.2) is 29.4 Å². The molecule has 148 valence electrons. The number of carbonyl (C=O) groups excluding carboxylic acids is 1. The van der Waals surface area contributed by atoms with Crippen molar-refractivity contribution in [3.63, 3.8) is 0 Å². The number of carbonyl (C=O) groups is 1. The fraction of sp³-hybridized carbons (Fsp3) is 0.579. The zero-order valence-corrected chi connectivity index (χ0v) is 16.7. The van der Waals surface area contributed by atoms with Gasteiger partial charge in [-0.05, 0) is 31.5 Å². The number of halogens is 1. The number of ether oxygens (including phenoxy) is 1. The van der Waals surface area contributed by atoms with Crippen molar-refractivity contribution in [2.75, 3.05) is 39.3 Å². The van der Waals surface area contributed by atoms with E-state index in [4.69, 9.17) is 21.2 Å². The van der Waals surface area contributed by atoms with Gasteiger partial charge in [0.2, 0.25) is 0 Å². The lowest BCUT2D eigenvalue weighted by atomic mass is 9.90. The summed E-state index contributed by atoms with van der Waals surface area (Å²) in [5.74, 6) is 0. The molecule has 1 fully saturated rings. The molecule has 1 amide bonds. The number of hydrogen-bond donors (Lipinski definition) is 1. The number of oxime groups is 1. The molecule has 0 saturated carbocycles. The first kappa shape index (κ1) is 19.9. The number of nitrogens with zero attached hydrogens (tertiary/aromatic N) is 3. The highest BCUT2D eigenvalue weighted by Crippen LogP contribution is 2.35. The van der Waals surface area contributed by atoms with E-state index in [1.807, 2.05) is 29.3 Å². The molecule has 1 aromatic carbocycles. The lowest BCUT2D eigenvalue weighted by molar-refractivity contribution is -0.00738. The zero-order chi connectivity index (χ0) is 19.3. The van der Waals surface area contributed by atoms with Gasteiger partial charge in [0.1, 0.15) is 0 Å². The van der Waals surface area contributed by atoms with Crippen LogP contribution in [0.1, 0.15) is 32.3 Å². The minimum atomic E-state index is -0.415. The molecule has 2 aliphatic heterocycles. The van der Waals surface area contributed by atoms with Crippen molar-refractivity contribution in [3.05, 3.63) is 34.9 Å². The summed E-state index contributed by atoms with van der Waals surface area (Å²) in [5.41, 5.74) is 4.52. The zero-order valence-electron chi connectivity index (χ0n) is 15.9. The standard InChI is InChI=1S/C19H27ClN4O3/c1-3-26-18(25)21-24-12-10-23(11-13-24)9-8-17-14-19(2,27-22-17)15-4-6-16(20)7-5-15/h4-7H,3,8-14H2,1-2H3,(H,21,25).